The Balaban J connectivity index is 2.38. The van der Waals surface area contributed by atoms with Gasteiger partial charge in [0.05, 0.1) is 11.8 Å². The summed E-state index contributed by atoms with van der Waals surface area (Å²) >= 11 is 5.65. The molecule has 0 aliphatic rings. The monoisotopic (exact) mass is 229 g/mol. The Hall–Kier alpha value is -1.92. The predicted molar refractivity (Wildman–Crippen MR) is 60.9 cm³/mol. The Morgan fingerprint density at radius 1 is 1.06 bits per heavy atom. The van der Waals surface area contributed by atoms with E-state index in [1.807, 2.05) is 30.3 Å². The normalized spacial score (nSPS) is 11.8. The van der Waals surface area contributed by atoms with Crippen molar-refractivity contribution in [2.75, 3.05) is 0 Å². The Kier molecular flexibility index (Phi) is 3.13. The van der Waals surface area contributed by atoms with Gasteiger partial charge in [-0.05, 0) is 17.7 Å². The molecular formula is C12H8ClN3. The number of hydrogen-bond donors (Lipinski definition) is 0. The average Bonchev–Trinajstić information content (AvgIpc) is 2.34. The maximum absolute atomic E-state index is 9.15. The molecule has 0 spiro atoms. The fraction of sp³-hybridized carbons (Fsp3) is 0.0833. The molecule has 0 fully saturated rings. The van der Waals surface area contributed by atoms with E-state index in [4.69, 9.17) is 16.9 Å². The predicted octanol–water partition coefficient (Wildman–Crippen LogP) is 2.79. The van der Waals surface area contributed by atoms with Crippen LogP contribution in [0.1, 0.15) is 17.2 Å². The molecule has 16 heavy (non-hydrogen) atoms. The van der Waals surface area contributed by atoms with E-state index in [-0.39, 0.29) is 0 Å². The highest BCUT2D eigenvalue weighted by Crippen LogP contribution is 2.21. The summed E-state index contributed by atoms with van der Waals surface area (Å²) in [5, 5.41) is 17.1. The van der Waals surface area contributed by atoms with Gasteiger partial charge in [0, 0.05) is 0 Å². The second kappa shape index (κ2) is 4.73. The Labute approximate surface area is 98.3 Å². The molecule has 1 atom stereocenters. The van der Waals surface area contributed by atoms with Crippen LogP contribution in [0.4, 0.5) is 0 Å². The van der Waals surface area contributed by atoms with E-state index in [9.17, 15) is 0 Å². The van der Waals surface area contributed by atoms with Crippen LogP contribution in [0.25, 0.3) is 0 Å². The van der Waals surface area contributed by atoms with Crippen molar-refractivity contribution in [3.05, 3.63) is 58.9 Å². The molecule has 2 rings (SSSR count). The van der Waals surface area contributed by atoms with Crippen LogP contribution in [0.3, 0.4) is 0 Å². The van der Waals surface area contributed by atoms with Crippen molar-refractivity contribution >= 4 is 11.6 Å². The van der Waals surface area contributed by atoms with Crippen molar-refractivity contribution in [2.24, 2.45) is 0 Å². The highest BCUT2D eigenvalue weighted by molar-refractivity contribution is 6.29. The lowest BCUT2D eigenvalue weighted by atomic mass is 9.97. The molecule has 1 aromatic carbocycles. The molecule has 0 amide bonds. The Morgan fingerprint density at radius 3 is 2.38 bits per heavy atom. The molecule has 0 N–H and O–H groups in total. The lowest BCUT2D eigenvalue weighted by Crippen LogP contribution is -2.02. The van der Waals surface area contributed by atoms with Gasteiger partial charge in [0.25, 0.3) is 0 Å². The van der Waals surface area contributed by atoms with Gasteiger partial charge in [0.1, 0.15) is 5.92 Å². The van der Waals surface area contributed by atoms with Gasteiger partial charge < -0.3 is 0 Å². The Bertz CT molecular complexity index is 502. The van der Waals surface area contributed by atoms with Crippen LogP contribution in [-0.4, -0.2) is 10.2 Å². The number of halogens is 1. The summed E-state index contributed by atoms with van der Waals surface area (Å²) in [6, 6.07) is 15.0. The second-order valence-corrected chi connectivity index (χ2v) is 3.64. The van der Waals surface area contributed by atoms with E-state index >= 15 is 0 Å². The van der Waals surface area contributed by atoms with Gasteiger partial charge in [-0.25, -0.2) is 0 Å². The Morgan fingerprint density at radius 2 is 1.81 bits per heavy atom. The third-order valence-corrected chi connectivity index (χ3v) is 2.41. The van der Waals surface area contributed by atoms with Gasteiger partial charge in [0.2, 0.25) is 0 Å². The maximum Gasteiger partial charge on any atom is 0.151 e. The first kappa shape index (κ1) is 10.6. The molecular weight excluding hydrogens is 222 g/mol. The first-order valence-electron chi connectivity index (χ1n) is 4.75. The summed E-state index contributed by atoms with van der Waals surface area (Å²) < 4.78 is 0. The molecule has 78 valence electrons. The van der Waals surface area contributed by atoms with Crippen molar-refractivity contribution in [2.45, 2.75) is 5.92 Å². The SMILES string of the molecule is N#CC(c1ccccc1)c1ccc(Cl)nn1. The summed E-state index contributed by atoms with van der Waals surface area (Å²) in [7, 11) is 0. The van der Waals surface area contributed by atoms with Crippen LogP contribution in [0.2, 0.25) is 5.15 Å². The molecule has 0 aliphatic heterocycles. The number of benzene rings is 1. The lowest BCUT2D eigenvalue weighted by Gasteiger charge is -2.07. The fourth-order valence-corrected chi connectivity index (χ4v) is 1.54. The molecule has 0 saturated carbocycles. The molecule has 0 aliphatic carbocycles. The van der Waals surface area contributed by atoms with Crippen LogP contribution >= 0.6 is 11.6 Å². The molecule has 2 aromatic rings. The summed E-state index contributed by atoms with van der Waals surface area (Å²) in [5.41, 5.74) is 1.51. The zero-order valence-corrected chi connectivity index (χ0v) is 9.09. The smallest absolute Gasteiger partial charge is 0.151 e. The average molecular weight is 230 g/mol. The van der Waals surface area contributed by atoms with Crippen LogP contribution < -0.4 is 0 Å². The minimum Gasteiger partial charge on any atom is -0.197 e. The summed E-state index contributed by atoms with van der Waals surface area (Å²) in [6.07, 6.45) is 0. The third-order valence-electron chi connectivity index (χ3n) is 2.21. The standard InChI is InChI=1S/C12H8ClN3/c13-12-7-6-11(15-16-12)10(8-14)9-4-2-1-3-5-9/h1-7,10H. The highest BCUT2D eigenvalue weighted by Gasteiger charge is 2.14. The molecule has 1 unspecified atom stereocenters. The van der Waals surface area contributed by atoms with Crippen molar-refractivity contribution in [1.29, 1.82) is 5.26 Å². The molecule has 3 nitrogen and oxygen atoms in total. The second-order valence-electron chi connectivity index (χ2n) is 3.25. The van der Waals surface area contributed by atoms with E-state index in [1.165, 1.54) is 0 Å². The topological polar surface area (TPSA) is 49.6 Å². The maximum atomic E-state index is 9.15. The van der Waals surface area contributed by atoms with Crippen LogP contribution in [0.15, 0.2) is 42.5 Å². The van der Waals surface area contributed by atoms with Crippen LogP contribution in [-0.2, 0) is 0 Å². The van der Waals surface area contributed by atoms with Crippen LogP contribution in [0, 0.1) is 11.3 Å². The quantitative estimate of drug-likeness (QED) is 0.796. The molecule has 0 radical (unpaired) electrons. The van der Waals surface area contributed by atoms with Crippen molar-refractivity contribution in [3.8, 4) is 6.07 Å². The fourth-order valence-electron chi connectivity index (χ4n) is 1.44. The summed E-state index contributed by atoms with van der Waals surface area (Å²) in [5.74, 6) is -0.397. The lowest BCUT2D eigenvalue weighted by molar-refractivity contribution is 0.885. The van der Waals surface area contributed by atoms with Gasteiger partial charge >= 0.3 is 0 Å². The van der Waals surface area contributed by atoms with Gasteiger partial charge in [-0.15, -0.1) is 5.10 Å². The third kappa shape index (κ3) is 2.18. The molecule has 0 saturated heterocycles. The van der Waals surface area contributed by atoms with E-state index < -0.39 is 5.92 Å². The molecule has 0 bridgehead atoms. The van der Waals surface area contributed by atoms with Crippen LogP contribution in [0.5, 0.6) is 0 Å². The van der Waals surface area contributed by atoms with Gasteiger partial charge in [-0.2, -0.15) is 10.4 Å². The van der Waals surface area contributed by atoms with E-state index in [0.29, 0.717) is 10.8 Å². The largest absolute Gasteiger partial charge is 0.197 e. The van der Waals surface area contributed by atoms with E-state index in [2.05, 4.69) is 16.3 Å². The number of aromatic nitrogens is 2. The number of hydrogen-bond acceptors (Lipinski definition) is 3. The van der Waals surface area contributed by atoms with Crippen molar-refractivity contribution < 1.29 is 0 Å². The van der Waals surface area contributed by atoms with Gasteiger partial charge in [-0.3, -0.25) is 0 Å². The zero-order valence-electron chi connectivity index (χ0n) is 8.34. The zero-order chi connectivity index (χ0) is 11.4. The minimum absolute atomic E-state index is 0.327. The number of rotatable bonds is 2. The molecule has 4 heteroatoms. The van der Waals surface area contributed by atoms with E-state index in [0.717, 1.165) is 5.56 Å². The van der Waals surface area contributed by atoms with Crippen molar-refractivity contribution in [1.82, 2.24) is 10.2 Å². The van der Waals surface area contributed by atoms with E-state index in [1.54, 1.807) is 12.1 Å². The van der Waals surface area contributed by atoms with Crippen molar-refractivity contribution in [3.63, 3.8) is 0 Å². The first-order valence-corrected chi connectivity index (χ1v) is 5.13. The number of nitriles is 1. The first-order chi connectivity index (χ1) is 7.81. The van der Waals surface area contributed by atoms with Gasteiger partial charge in [-0.1, -0.05) is 41.9 Å². The minimum atomic E-state index is -0.397. The highest BCUT2D eigenvalue weighted by atomic mass is 35.5. The molecule has 1 aromatic heterocycles. The molecule has 1 heterocycles. The van der Waals surface area contributed by atoms with Gasteiger partial charge in [0.15, 0.2) is 5.15 Å². The summed E-state index contributed by atoms with van der Waals surface area (Å²) in [4.78, 5) is 0. The number of nitrogens with zero attached hydrogens (tertiary/aromatic N) is 3. The summed E-state index contributed by atoms with van der Waals surface area (Å²) in [6.45, 7) is 0.